The van der Waals surface area contributed by atoms with Crippen LogP contribution in [0.25, 0.3) is 0 Å². The van der Waals surface area contributed by atoms with Crippen molar-refractivity contribution in [3.05, 3.63) is 17.5 Å². The van der Waals surface area contributed by atoms with Crippen molar-refractivity contribution in [1.82, 2.24) is 9.78 Å². The van der Waals surface area contributed by atoms with Gasteiger partial charge in [0.25, 0.3) is 0 Å². The van der Waals surface area contributed by atoms with E-state index in [4.69, 9.17) is 11.5 Å². The fourth-order valence-electron chi connectivity index (χ4n) is 0.980. The average Bonchev–Trinajstić information content (AvgIpc) is 2.26. The van der Waals surface area contributed by atoms with E-state index in [1.54, 1.807) is 4.68 Å². The Morgan fingerprint density at radius 1 is 1.67 bits per heavy atom. The Kier molecular flexibility index (Phi) is 2.32. The normalized spacial score (nSPS) is 9.83. The Hall–Kier alpha value is -1.52. The summed E-state index contributed by atoms with van der Waals surface area (Å²) in [5, 5.41) is 4.15. The van der Waals surface area contributed by atoms with E-state index in [1.165, 1.54) is 0 Å². The molecular formula is C7H13N5. The lowest BCUT2D eigenvalue weighted by molar-refractivity contribution is 0.756. The van der Waals surface area contributed by atoms with Gasteiger partial charge < -0.3 is 11.5 Å². The zero-order chi connectivity index (χ0) is 9.14. The molecule has 1 heterocycles. The van der Waals surface area contributed by atoms with Crippen LogP contribution in [0.4, 0.5) is 0 Å². The van der Waals surface area contributed by atoms with Gasteiger partial charge in [0, 0.05) is 18.8 Å². The van der Waals surface area contributed by atoms with Gasteiger partial charge in [-0.05, 0) is 6.92 Å². The first-order valence-electron chi connectivity index (χ1n) is 3.64. The van der Waals surface area contributed by atoms with Gasteiger partial charge in [-0.15, -0.1) is 0 Å². The zero-order valence-corrected chi connectivity index (χ0v) is 7.28. The van der Waals surface area contributed by atoms with E-state index < -0.39 is 0 Å². The van der Waals surface area contributed by atoms with Crippen molar-refractivity contribution in [1.29, 1.82) is 0 Å². The van der Waals surface area contributed by atoms with Crippen LogP contribution in [0.3, 0.4) is 0 Å². The molecule has 66 valence electrons. The number of guanidine groups is 1. The van der Waals surface area contributed by atoms with E-state index in [-0.39, 0.29) is 5.96 Å². The average molecular weight is 167 g/mol. The topological polar surface area (TPSA) is 82.2 Å². The quantitative estimate of drug-likeness (QED) is 0.460. The number of aliphatic imine (C=N–C) groups is 1. The van der Waals surface area contributed by atoms with E-state index in [2.05, 4.69) is 10.1 Å². The molecule has 0 aliphatic rings. The molecule has 0 saturated carbocycles. The molecule has 0 unspecified atom stereocenters. The van der Waals surface area contributed by atoms with E-state index in [9.17, 15) is 0 Å². The smallest absolute Gasteiger partial charge is 0.186 e. The fraction of sp³-hybridized carbons (Fsp3) is 0.429. The Morgan fingerprint density at radius 2 is 2.33 bits per heavy atom. The molecule has 0 fully saturated rings. The van der Waals surface area contributed by atoms with Gasteiger partial charge >= 0.3 is 0 Å². The molecular weight excluding hydrogens is 154 g/mol. The largest absolute Gasteiger partial charge is 0.370 e. The van der Waals surface area contributed by atoms with Gasteiger partial charge in [-0.25, -0.2) is 4.99 Å². The Bertz CT molecular complexity index is 295. The van der Waals surface area contributed by atoms with E-state index in [1.807, 2.05) is 20.2 Å². The summed E-state index contributed by atoms with van der Waals surface area (Å²) in [6, 6.07) is 0. The van der Waals surface area contributed by atoms with Gasteiger partial charge in [0.15, 0.2) is 5.96 Å². The van der Waals surface area contributed by atoms with Crippen LogP contribution in [-0.2, 0) is 13.6 Å². The van der Waals surface area contributed by atoms with Crippen molar-refractivity contribution >= 4 is 5.96 Å². The number of aryl methyl sites for hydroxylation is 2. The van der Waals surface area contributed by atoms with Crippen LogP contribution in [-0.4, -0.2) is 15.7 Å². The maximum Gasteiger partial charge on any atom is 0.186 e. The molecule has 0 spiro atoms. The van der Waals surface area contributed by atoms with Gasteiger partial charge in [-0.2, -0.15) is 5.10 Å². The molecule has 12 heavy (non-hydrogen) atoms. The van der Waals surface area contributed by atoms with Gasteiger partial charge in [-0.3, -0.25) is 4.68 Å². The minimum absolute atomic E-state index is 0.109. The molecule has 0 aliphatic carbocycles. The van der Waals surface area contributed by atoms with Crippen molar-refractivity contribution in [3.8, 4) is 0 Å². The van der Waals surface area contributed by atoms with Crippen LogP contribution < -0.4 is 11.5 Å². The minimum atomic E-state index is 0.109. The number of hydrogen-bond donors (Lipinski definition) is 2. The van der Waals surface area contributed by atoms with Crippen LogP contribution in [0, 0.1) is 6.92 Å². The summed E-state index contributed by atoms with van der Waals surface area (Å²) in [7, 11) is 1.87. The molecule has 0 saturated heterocycles. The summed E-state index contributed by atoms with van der Waals surface area (Å²) in [6.07, 6.45) is 1.90. The van der Waals surface area contributed by atoms with Gasteiger partial charge in [0.2, 0.25) is 0 Å². The molecule has 0 amide bonds. The number of rotatable bonds is 2. The van der Waals surface area contributed by atoms with Crippen LogP contribution >= 0.6 is 0 Å². The first kappa shape index (κ1) is 8.58. The summed E-state index contributed by atoms with van der Waals surface area (Å²) in [5.41, 5.74) is 12.4. The first-order valence-corrected chi connectivity index (χ1v) is 3.64. The maximum atomic E-state index is 5.20. The molecule has 0 radical (unpaired) electrons. The monoisotopic (exact) mass is 167 g/mol. The highest BCUT2D eigenvalue weighted by molar-refractivity contribution is 5.75. The minimum Gasteiger partial charge on any atom is -0.370 e. The summed E-state index contributed by atoms with van der Waals surface area (Å²) in [4.78, 5) is 3.89. The highest BCUT2D eigenvalue weighted by atomic mass is 15.2. The van der Waals surface area contributed by atoms with Gasteiger partial charge in [-0.1, -0.05) is 0 Å². The second kappa shape index (κ2) is 3.25. The predicted molar refractivity (Wildman–Crippen MR) is 47.5 cm³/mol. The molecule has 0 bridgehead atoms. The number of nitrogens with zero attached hydrogens (tertiary/aromatic N) is 3. The van der Waals surface area contributed by atoms with Crippen molar-refractivity contribution < 1.29 is 0 Å². The molecule has 5 nitrogen and oxygen atoms in total. The van der Waals surface area contributed by atoms with Crippen LogP contribution in [0.2, 0.25) is 0 Å². The van der Waals surface area contributed by atoms with Crippen molar-refractivity contribution in [2.75, 3.05) is 0 Å². The van der Waals surface area contributed by atoms with Crippen LogP contribution in [0.15, 0.2) is 11.2 Å². The molecule has 1 aromatic rings. The van der Waals surface area contributed by atoms with Crippen LogP contribution in [0.5, 0.6) is 0 Å². The first-order chi connectivity index (χ1) is 5.59. The third-order valence-electron chi connectivity index (χ3n) is 1.55. The van der Waals surface area contributed by atoms with Gasteiger partial charge in [0.05, 0.1) is 12.2 Å². The highest BCUT2D eigenvalue weighted by Crippen LogP contribution is 2.05. The second-order valence-corrected chi connectivity index (χ2v) is 2.65. The summed E-state index contributed by atoms with van der Waals surface area (Å²) >= 11 is 0. The number of nitrogens with two attached hydrogens (primary N) is 2. The Morgan fingerprint density at radius 3 is 2.75 bits per heavy atom. The third-order valence-corrected chi connectivity index (χ3v) is 1.55. The predicted octanol–water partition coefficient (Wildman–Crippen LogP) is -0.498. The zero-order valence-electron chi connectivity index (χ0n) is 7.28. The standard InChI is InChI=1S/C7H13N5/c1-5-6(3-10-7(8)9)4-12(2)11-5/h4H,3H2,1-2H3,(H4,8,9,10). The molecule has 0 aliphatic heterocycles. The van der Waals surface area contributed by atoms with E-state index in [0.717, 1.165) is 11.3 Å². The third kappa shape index (κ3) is 1.98. The van der Waals surface area contributed by atoms with Crippen molar-refractivity contribution in [2.24, 2.45) is 23.5 Å². The van der Waals surface area contributed by atoms with Gasteiger partial charge in [0.1, 0.15) is 0 Å². The fourth-order valence-corrected chi connectivity index (χ4v) is 0.980. The molecule has 5 heteroatoms. The molecule has 0 aromatic carbocycles. The number of aromatic nitrogens is 2. The lowest BCUT2D eigenvalue weighted by atomic mass is 10.3. The lowest BCUT2D eigenvalue weighted by Gasteiger charge is -1.92. The van der Waals surface area contributed by atoms with Crippen molar-refractivity contribution in [2.45, 2.75) is 13.5 Å². The summed E-state index contributed by atoms with van der Waals surface area (Å²) < 4.78 is 1.74. The van der Waals surface area contributed by atoms with E-state index in [0.29, 0.717) is 6.54 Å². The second-order valence-electron chi connectivity index (χ2n) is 2.65. The Labute approximate surface area is 71.1 Å². The highest BCUT2D eigenvalue weighted by Gasteiger charge is 2.00. The Balaban J connectivity index is 2.75. The maximum absolute atomic E-state index is 5.20. The van der Waals surface area contributed by atoms with Crippen molar-refractivity contribution in [3.63, 3.8) is 0 Å². The summed E-state index contributed by atoms with van der Waals surface area (Å²) in [5.74, 6) is 0.109. The SMILES string of the molecule is Cc1nn(C)cc1CN=C(N)N. The molecule has 0 atom stereocenters. The molecule has 1 aromatic heterocycles. The summed E-state index contributed by atoms with van der Waals surface area (Å²) in [6.45, 7) is 2.43. The number of hydrogen-bond acceptors (Lipinski definition) is 2. The van der Waals surface area contributed by atoms with Crippen LogP contribution in [0.1, 0.15) is 11.3 Å². The molecule has 4 N–H and O–H groups in total. The van der Waals surface area contributed by atoms with E-state index >= 15 is 0 Å². The molecule has 1 rings (SSSR count). The lowest BCUT2D eigenvalue weighted by Crippen LogP contribution is -2.22.